The van der Waals surface area contributed by atoms with Crippen LogP contribution in [-0.4, -0.2) is 19.5 Å². The summed E-state index contributed by atoms with van der Waals surface area (Å²) in [6, 6.07) is 3.51. The molecule has 4 heteroatoms. The number of carbonyl (C=O) groups is 1. The van der Waals surface area contributed by atoms with Crippen LogP contribution in [0.1, 0.15) is 24.2 Å². The molecule has 0 saturated carbocycles. The molecule has 0 aliphatic rings. The first-order valence-electron chi connectivity index (χ1n) is 4.61. The summed E-state index contributed by atoms with van der Waals surface area (Å²) in [5.41, 5.74) is 0.531. The Labute approximate surface area is 97.5 Å². The summed E-state index contributed by atoms with van der Waals surface area (Å²) in [4.78, 5) is 11.4. The third-order valence-corrected chi connectivity index (χ3v) is 2.37. The zero-order valence-electron chi connectivity index (χ0n) is 8.96. The fraction of sp³-hybridized carbons (Fsp3) is 0.364. The second-order valence-electron chi connectivity index (χ2n) is 2.97. The molecule has 0 fully saturated rings. The van der Waals surface area contributed by atoms with E-state index in [9.17, 15) is 4.79 Å². The van der Waals surface area contributed by atoms with Crippen LogP contribution in [0.15, 0.2) is 16.6 Å². The molecular formula is C11H13BrO3. The van der Waals surface area contributed by atoms with E-state index in [-0.39, 0.29) is 5.78 Å². The Morgan fingerprint density at radius 2 is 2.13 bits per heavy atom. The van der Waals surface area contributed by atoms with Gasteiger partial charge in [0.2, 0.25) is 0 Å². The van der Waals surface area contributed by atoms with Gasteiger partial charge >= 0.3 is 0 Å². The van der Waals surface area contributed by atoms with Gasteiger partial charge in [-0.15, -0.1) is 0 Å². The van der Waals surface area contributed by atoms with Gasteiger partial charge in [-0.25, -0.2) is 0 Å². The fourth-order valence-corrected chi connectivity index (χ4v) is 1.71. The van der Waals surface area contributed by atoms with E-state index in [0.717, 1.165) is 4.47 Å². The van der Waals surface area contributed by atoms with Crippen LogP contribution < -0.4 is 9.47 Å². The maximum absolute atomic E-state index is 11.4. The summed E-state index contributed by atoms with van der Waals surface area (Å²) >= 11 is 3.32. The van der Waals surface area contributed by atoms with Crippen LogP contribution in [0.2, 0.25) is 0 Å². The molecule has 0 aliphatic heterocycles. The summed E-state index contributed by atoms with van der Waals surface area (Å²) in [5.74, 6) is 1.03. The average Bonchev–Trinajstić information content (AvgIpc) is 2.19. The normalized spacial score (nSPS) is 9.87. The number of methoxy groups -OCH3 is 1. The number of rotatable bonds is 4. The number of hydrogen-bond acceptors (Lipinski definition) is 3. The minimum atomic E-state index is -0.0435. The third kappa shape index (κ3) is 2.72. The Kier molecular flexibility index (Phi) is 4.15. The van der Waals surface area contributed by atoms with Crippen LogP contribution in [-0.2, 0) is 0 Å². The minimum Gasteiger partial charge on any atom is -0.493 e. The van der Waals surface area contributed by atoms with Crippen molar-refractivity contribution in [3.8, 4) is 11.5 Å². The summed E-state index contributed by atoms with van der Waals surface area (Å²) < 4.78 is 11.4. The lowest BCUT2D eigenvalue weighted by atomic mass is 10.1. The monoisotopic (exact) mass is 272 g/mol. The molecule has 0 N–H and O–H groups in total. The SMILES string of the molecule is CCOc1c(OC)cc(Br)cc1C(C)=O. The van der Waals surface area contributed by atoms with Crippen LogP contribution >= 0.6 is 15.9 Å². The van der Waals surface area contributed by atoms with Gasteiger partial charge in [-0.3, -0.25) is 4.79 Å². The van der Waals surface area contributed by atoms with E-state index in [1.165, 1.54) is 6.92 Å². The van der Waals surface area contributed by atoms with Crippen molar-refractivity contribution < 1.29 is 14.3 Å². The Morgan fingerprint density at radius 3 is 2.60 bits per heavy atom. The van der Waals surface area contributed by atoms with Crippen LogP contribution in [0, 0.1) is 0 Å². The number of halogens is 1. The Morgan fingerprint density at radius 1 is 1.47 bits per heavy atom. The molecule has 0 saturated heterocycles. The topological polar surface area (TPSA) is 35.5 Å². The molecule has 1 rings (SSSR count). The van der Waals surface area contributed by atoms with E-state index in [1.54, 1.807) is 19.2 Å². The molecule has 1 aromatic rings. The standard InChI is InChI=1S/C11H13BrO3/c1-4-15-11-9(7(2)13)5-8(12)6-10(11)14-3/h5-6H,4H2,1-3H3. The van der Waals surface area contributed by atoms with Crippen molar-refractivity contribution in [2.75, 3.05) is 13.7 Å². The molecule has 0 spiro atoms. The molecule has 0 aliphatic carbocycles. The highest BCUT2D eigenvalue weighted by atomic mass is 79.9. The van der Waals surface area contributed by atoms with Crippen molar-refractivity contribution in [1.82, 2.24) is 0 Å². The van der Waals surface area contributed by atoms with Crippen LogP contribution in [0.5, 0.6) is 11.5 Å². The Hall–Kier alpha value is -1.03. The predicted octanol–water partition coefficient (Wildman–Crippen LogP) is 3.06. The zero-order valence-corrected chi connectivity index (χ0v) is 10.6. The molecular weight excluding hydrogens is 260 g/mol. The van der Waals surface area contributed by atoms with Gasteiger partial charge in [0.25, 0.3) is 0 Å². The molecule has 0 unspecified atom stereocenters. The second kappa shape index (κ2) is 5.16. The molecule has 3 nitrogen and oxygen atoms in total. The van der Waals surface area contributed by atoms with Crippen molar-refractivity contribution in [1.29, 1.82) is 0 Å². The number of ether oxygens (including phenoxy) is 2. The highest BCUT2D eigenvalue weighted by molar-refractivity contribution is 9.10. The van der Waals surface area contributed by atoms with E-state index < -0.39 is 0 Å². The first-order chi connectivity index (χ1) is 7.10. The average molecular weight is 273 g/mol. The first-order valence-corrected chi connectivity index (χ1v) is 5.40. The smallest absolute Gasteiger partial charge is 0.171 e. The molecule has 0 radical (unpaired) electrons. The van der Waals surface area contributed by atoms with E-state index in [2.05, 4.69) is 15.9 Å². The number of Topliss-reactive ketones (excluding diaryl/α,β-unsaturated/α-hetero) is 1. The van der Waals surface area contributed by atoms with Gasteiger partial charge in [-0.2, -0.15) is 0 Å². The number of hydrogen-bond donors (Lipinski definition) is 0. The van der Waals surface area contributed by atoms with Crippen molar-refractivity contribution in [2.45, 2.75) is 13.8 Å². The van der Waals surface area contributed by atoms with Gasteiger partial charge in [0, 0.05) is 4.47 Å². The Balaban J connectivity index is 3.33. The lowest BCUT2D eigenvalue weighted by molar-refractivity contribution is 0.101. The molecule has 0 bridgehead atoms. The Bertz CT molecular complexity index is 374. The van der Waals surface area contributed by atoms with E-state index >= 15 is 0 Å². The van der Waals surface area contributed by atoms with E-state index in [4.69, 9.17) is 9.47 Å². The quantitative estimate of drug-likeness (QED) is 0.791. The van der Waals surface area contributed by atoms with Gasteiger partial charge in [-0.1, -0.05) is 15.9 Å². The minimum absolute atomic E-state index is 0.0435. The molecule has 0 atom stereocenters. The van der Waals surface area contributed by atoms with Crippen molar-refractivity contribution in [3.63, 3.8) is 0 Å². The van der Waals surface area contributed by atoms with E-state index in [0.29, 0.717) is 23.7 Å². The highest BCUT2D eigenvalue weighted by Gasteiger charge is 2.15. The predicted molar refractivity (Wildman–Crippen MR) is 61.9 cm³/mol. The third-order valence-electron chi connectivity index (χ3n) is 1.91. The van der Waals surface area contributed by atoms with Gasteiger partial charge in [0.1, 0.15) is 0 Å². The van der Waals surface area contributed by atoms with Crippen LogP contribution in [0.4, 0.5) is 0 Å². The molecule has 82 valence electrons. The van der Waals surface area contributed by atoms with Crippen molar-refractivity contribution >= 4 is 21.7 Å². The summed E-state index contributed by atoms with van der Waals surface area (Å²) in [5, 5.41) is 0. The van der Waals surface area contributed by atoms with Gasteiger partial charge in [0.15, 0.2) is 17.3 Å². The zero-order chi connectivity index (χ0) is 11.4. The van der Waals surface area contributed by atoms with Gasteiger partial charge in [-0.05, 0) is 26.0 Å². The fourth-order valence-electron chi connectivity index (χ4n) is 1.27. The maximum Gasteiger partial charge on any atom is 0.171 e. The van der Waals surface area contributed by atoms with Gasteiger partial charge in [0.05, 0.1) is 19.3 Å². The molecule has 0 heterocycles. The number of benzene rings is 1. The highest BCUT2D eigenvalue weighted by Crippen LogP contribution is 2.35. The second-order valence-corrected chi connectivity index (χ2v) is 3.89. The molecule has 15 heavy (non-hydrogen) atoms. The van der Waals surface area contributed by atoms with Crippen LogP contribution in [0.3, 0.4) is 0 Å². The molecule has 0 aromatic heterocycles. The first kappa shape index (κ1) is 12.0. The summed E-state index contributed by atoms with van der Waals surface area (Å²) in [6.45, 7) is 3.87. The van der Waals surface area contributed by atoms with E-state index in [1.807, 2.05) is 6.92 Å². The van der Waals surface area contributed by atoms with Crippen molar-refractivity contribution in [3.05, 3.63) is 22.2 Å². The number of carbonyl (C=O) groups excluding carboxylic acids is 1. The molecule has 0 amide bonds. The summed E-state index contributed by atoms with van der Waals surface area (Å²) in [6.07, 6.45) is 0. The van der Waals surface area contributed by atoms with Crippen LogP contribution in [0.25, 0.3) is 0 Å². The maximum atomic E-state index is 11.4. The van der Waals surface area contributed by atoms with Gasteiger partial charge < -0.3 is 9.47 Å². The van der Waals surface area contributed by atoms with Crippen molar-refractivity contribution in [2.24, 2.45) is 0 Å². The number of ketones is 1. The lowest BCUT2D eigenvalue weighted by Crippen LogP contribution is -2.03. The largest absolute Gasteiger partial charge is 0.493 e. The molecule has 1 aromatic carbocycles. The lowest BCUT2D eigenvalue weighted by Gasteiger charge is -2.13. The summed E-state index contributed by atoms with van der Waals surface area (Å²) in [7, 11) is 1.55.